The number of thioether (sulfide) groups is 1. The quantitative estimate of drug-likeness (QED) is 0.806. The van der Waals surface area contributed by atoms with Crippen molar-refractivity contribution in [3.05, 3.63) is 18.0 Å². The summed E-state index contributed by atoms with van der Waals surface area (Å²) in [5.41, 5.74) is 6.60. The van der Waals surface area contributed by atoms with E-state index in [1.54, 1.807) is 16.4 Å². The van der Waals surface area contributed by atoms with Crippen molar-refractivity contribution in [3.8, 4) is 0 Å². The first-order valence-electron chi connectivity index (χ1n) is 7.00. The number of rotatable bonds is 6. The lowest BCUT2D eigenvalue weighted by Gasteiger charge is -2.08. The highest BCUT2D eigenvalue weighted by Gasteiger charge is 2.17. The highest BCUT2D eigenvalue weighted by molar-refractivity contribution is 7.98. The lowest BCUT2D eigenvalue weighted by Crippen LogP contribution is -2.12. The lowest BCUT2D eigenvalue weighted by atomic mass is 10.3. The van der Waals surface area contributed by atoms with E-state index in [0.717, 1.165) is 16.6 Å². The van der Waals surface area contributed by atoms with Gasteiger partial charge in [-0.15, -0.1) is 5.10 Å². The summed E-state index contributed by atoms with van der Waals surface area (Å²) in [5.74, 6) is 0.782. The Bertz CT molecular complexity index is 544. The van der Waals surface area contributed by atoms with Gasteiger partial charge in [0, 0.05) is 18.5 Å². The molecule has 0 atom stereocenters. The van der Waals surface area contributed by atoms with E-state index in [1.165, 1.54) is 25.7 Å². The van der Waals surface area contributed by atoms with Crippen molar-refractivity contribution in [1.82, 2.24) is 30.0 Å². The van der Waals surface area contributed by atoms with Crippen LogP contribution in [0.25, 0.3) is 0 Å². The molecule has 108 valence electrons. The van der Waals surface area contributed by atoms with Gasteiger partial charge in [0.2, 0.25) is 5.16 Å². The van der Waals surface area contributed by atoms with Crippen LogP contribution in [0.2, 0.25) is 0 Å². The van der Waals surface area contributed by atoms with Crippen LogP contribution in [0.3, 0.4) is 0 Å². The minimum Gasteiger partial charge on any atom is -0.329 e. The Morgan fingerprint density at radius 3 is 3.00 bits per heavy atom. The summed E-state index contributed by atoms with van der Waals surface area (Å²) >= 11 is 1.60. The molecule has 0 amide bonds. The van der Waals surface area contributed by atoms with Gasteiger partial charge in [-0.05, 0) is 29.3 Å². The molecule has 0 saturated heterocycles. The molecule has 1 saturated carbocycles. The Hall–Kier alpha value is -1.41. The molecular formula is C12H19N7S. The molecule has 0 aromatic carbocycles. The summed E-state index contributed by atoms with van der Waals surface area (Å²) < 4.78 is 3.85. The van der Waals surface area contributed by atoms with E-state index >= 15 is 0 Å². The molecule has 3 rings (SSSR count). The maximum atomic E-state index is 5.53. The standard InChI is InChI=1S/C12H19N7S/c13-6-8-19-12(14-16-17-19)20-9-10-5-7-18(15-10)11-3-1-2-4-11/h5,7,11H,1-4,6,8-9,13H2. The summed E-state index contributed by atoms with van der Waals surface area (Å²) in [6.45, 7) is 1.18. The normalized spacial score (nSPS) is 16.1. The van der Waals surface area contributed by atoms with Gasteiger partial charge in [0.15, 0.2) is 0 Å². The fourth-order valence-electron chi connectivity index (χ4n) is 2.53. The van der Waals surface area contributed by atoms with Crippen molar-refractivity contribution in [2.45, 2.75) is 49.2 Å². The van der Waals surface area contributed by atoms with Crippen LogP contribution in [0, 0.1) is 0 Å². The van der Waals surface area contributed by atoms with Crippen LogP contribution in [0.5, 0.6) is 0 Å². The maximum Gasteiger partial charge on any atom is 0.209 e. The predicted molar refractivity (Wildman–Crippen MR) is 76.2 cm³/mol. The lowest BCUT2D eigenvalue weighted by molar-refractivity contribution is 0.464. The third kappa shape index (κ3) is 3.01. The Kier molecular flexibility index (Phi) is 4.31. The van der Waals surface area contributed by atoms with Gasteiger partial charge < -0.3 is 5.73 Å². The zero-order chi connectivity index (χ0) is 13.8. The maximum absolute atomic E-state index is 5.53. The number of nitrogens with zero attached hydrogens (tertiary/aromatic N) is 6. The van der Waals surface area contributed by atoms with Crippen LogP contribution >= 0.6 is 11.8 Å². The van der Waals surface area contributed by atoms with Crippen LogP contribution in [0.4, 0.5) is 0 Å². The summed E-state index contributed by atoms with van der Waals surface area (Å²) in [6.07, 6.45) is 7.24. The topological polar surface area (TPSA) is 87.4 Å². The van der Waals surface area contributed by atoms with Gasteiger partial charge >= 0.3 is 0 Å². The zero-order valence-corrected chi connectivity index (χ0v) is 12.2. The van der Waals surface area contributed by atoms with Crippen LogP contribution in [-0.4, -0.2) is 36.5 Å². The highest BCUT2D eigenvalue weighted by Crippen LogP contribution is 2.29. The minimum atomic E-state index is 0.537. The first-order chi connectivity index (χ1) is 9.86. The zero-order valence-electron chi connectivity index (χ0n) is 11.4. The molecule has 1 fully saturated rings. The van der Waals surface area contributed by atoms with Crippen LogP contribution < -0.4 is 5.73 Å². The van der Waals surface area contributed by atoms with Crippen LogP contribution in [0.1, 0.15) is 37.4 Å². The molecule has 1 aliphatic carbocycles. The number of hydrogen-bond donors (Lipinski definition) is 1. The molecule has 7 nitrogen and oxygen atoms in total. The molecule has 0 bridgehead atoms. The number of nitrogens with two attached hydrogens (primary N) is 1. The second-order valence-corrected chi connectivity index (χ2v) is 5.93. The molecule has 2 heterocycles. The van der Waals surface area contributed by atoms with Gasteiger partial charge in [0.05, 0.1) is 18.3 Å². The molecule has 0 unspecified atom stereocenters. The van der Waals surface area contributed by atoms with Crippen molar-refractivity contribution in [2.24, 2.45) is 5.73 Å². The Morgan fingerprint density at radius 1 is 1.35 bits per heavy atom. The average molecular weight is 293 g/mol. The molecule has 0 aliphatic heterocycles. The van der Waals surface area contributed by atoms with E-state index in [4.69, 9.17) is 5.73 Å². The van der Waals surface area contributed by atoms with Gasteiger partial charge in [-0.25, -0.2) is 4.68 Å². The van der Waals surface area contributed by atoms with Gasteiger partial charge in [-0.3, -0.25) is 4.68 Å². The minimum absolute atomic E-state index is 0.537. The SMILES string of the molecule is NCCn1nnnc1SCc1ccn(C2CCCC2)n1. The molecule has 20 heavy (non-hydrogen) atoms. The van der Waals surface area contributed by atoms with Gasteiger partial charge in [-0.1, -0.05) is 24.6 Å². The average Bonchev–Trinajstić information content (AvgIpc) is 3.18. The molecule has 0 spiro atoms. The Morgan fingerprint density at radius 2 is 2.20 bits per heavy atom. The monoisotopic (exact) mass is 293 g/mol. The molecule has 8 heteroatoms. The second kappa shape index (κ2) is 6.36. The largest absolute Gasteiger partial charge is 0.329 e. The van der Waals surface area contributed by atoms with Crippen molar-refractivity contribution < 1.29 is 0 Å². The van der Waals surface area contributed by atoms with Crippen molar-refractivity contribution >= 4 is 11.8 Å². The first kappa shape index (κ1) is 13.6. The fourth-order valence-corrected chi connectivity index (χ4v) is 3.33. The smallest absolute Gasteiger partial charge is 0.209 e. The van der Waals surface area contributed by atoms with E-state index in [1.807, 2.05) is 0 Å². The van der Waals surface area contributed by atoms with E-state index in [2.05, 4.69) is 37.6 Å². The third-order valence-electron chi connectivity index (χ3n) is 3.55. The predicted octanol–water partition coefficient (Wildman–Crippen LogP) is 1.24. The Labute approximate surface area is 121 Å². The summed E-state index contributed by atoms with van der Waals surface area (Å²) in [5, 5.41) is 17.1. The van der Waals surface area contributed by atoms with Crippen molar-refractivity contribution in [2.75, 3.05) is 6.54 Å². The second-order valence-electron chi connectivity index (χ2n) is 4.99. The molecular weight excluding hydrogens is 274 g/mol. The number of aromatic nitrogens is 6. The molecule has 2 aromatic rings. The molecule has 2 aromatic heterocycles. The Balaban J connectivity index is 1.59. The molecule has 2 N–H and O–H groups in total. The molecule has 0 radical (unpaired) electrons. The first-order valence-corrected chi connectivity index (χ1v) is 7.98. The van der Waals surface area contributed by atoms with Crippen molar-refractivity contribution in [1.29, 1.82) is 0 Å². The summed E-state index contributed by atoms with van der Waals surface area (Å²) in [4.78, 5) is 0. The highest BCUT2D eigenvalue weighted by atomic mass is 32.2. The van der Waals surface area contributed by atoms with E-state index in [0.29, 0.717) is 19.1 Å². The van der Waals surface area contributed by atoms with Crippen LogP contribution in [0.15, 0.2) is 17.4 Å². The van der Waals surface area contributed by atoms with Gasteiger partial charge in [-0.2, -0.15) is 5.10 Å². The summed E-state index contributed by atoms with van der Waals surface area (Å²) in [6, 6.07) is 2.68. The van der Waals surface area contributed by atoms with Crippen molar-refractivity contribution in [3.63, 3.8) is 0 Å². The fraction of sp³-hybridized carbons (Fsp3) is 0.667. The van der Waals surface area contributed by atoms with Gasteiger partial charge in [0.25, 0.3) is 0 Å². The van der Waals surface area contributed by atoms with Crippen LogP contribution in [-0.2, 0) is 12.3 Å². The van der Waals surface area contributed by atoms with E-state index in [9.17, 15) is 0 Å². The van der Waals surface area contributed by atoms with E-state index < -0.39 is 0 Å². The summed E-state index contributed by atoms with van der Waals surface area (Å²) in [7, 11) is 0. The molecule has 1 aliphatic rings. The number of tetrazole rings is 1. The van der Waals surface area contributed by atoms with Gasteiger partial charge in [0.1, 0.15) is 0 Å². The number of hydrogen-bond acceptors (Lipinski definition) is 6. The third-order valence-corrected chi connectivity index (χ3v) is 4.54. The van der Waals surface area contributed by atoms with E-state index in [-0.39, 0.29) is 0 Å².